The van der Waals surface area contributed by atoms with Gasteiger partial charge in [-0.2, -0.15) is 5.10 Å². The Kier molecular flexibility index (Phi) is 5.74. The largest absolute Gasteiger partial charge is 0.495 e. The first-order valence-corrected chi connectivity index (χ1v) is 10.8. The number of rotatable bonds is 7. The summed E-state index contributed by atoms with van der Waals surface area (Å²) >= 11 is 6.03. The first-order valence-electron chi connectivity index (χ1n) is 8.93. The number of methoxy groups -OCH3 is 1. The Morgan fingerprint density at radius 3 is 2.45 bits per heavy atom. The van der Waals surface area contributed by atoms with Gasteiger partial charge in [0.05, 0.1) is 17.0 Å². The minimum absolute atomic E-state index is 0.0196. The Balaban J connectivity index is 1.44. The van der Waals surface area contributed by atoms with Crippen LogP contribution in [0.2, 0.25) is 5.02 Å². The van der Waals surface area contributed by atoms with Crippen LogP contribution in [0.15, 0.2) is 78.0 Å². The van der Waals surface area contributed by atoms with E-state index in [4.69, 9.17) is 21.1 Å². The zero-order valence-corrected chi connectivity index (χ0v) is 17.7. The fourth-order valence-electron chi connectivity index (χ4n) is 2.63. The van der Waals surface area contributed by atoms with Crippen LogP contribution < -0.4 is 14.2 Å². The molecule has 0 unspecified atom stereocenters. The maximum Gasteiger partial charge on any atom is 0.261 e. The number of ether oxygens (including phenoxy) is 2. The highest BCUT2D eigenvalue weighted by atomic mass is 35.5. The molecule has 1 N–H and O–H groups in total. The van der Waals surface area contributed by atoms with Crippen molar-refractivity contribution in [1.82, 2.24) is 20.0 Å². The molecule has 0 aliphatic rings. The Morgan fingerprint density at radius 2 is 1.84 bits per heavy atom. The number of benzene rings is 2. The Labute approximate surface area is 183 Å². The summed E-state index contributed by atoms with van der Waals surface area (Å²) < 4.78 is 39.9. The highest BCUT2D eigenvalue weighted by Gasteiger charge is 2.16. The van der Waals surface area contributed by atoms with Crippen LogP contribution in [-0.2, 0) is 10.0 Å². The summed E-state index contributed by atoms with van der Waals surface area (Å²) in [5.74, 6) is 1.71. The summed E-state index contributed by atoms with van der Waals surface area (Å²) in [6.07, 6.45) is 3.40. The highest BCUT2D eigenvalue weighted by molar-refractivity contribution is 7.92. The van der Waals surface area contributed by atoms with Gasteiger partial charge in [-0.3, -0.25) is 4.72 Å². The molecule has 9 nitrogen and oxygen atoms in total. The summed E-state index contributed by atoms with van der Waals surface area (Å²) in [7, 11) is -2.37. The first-order chi connectivity index (χ1) is 14.9. The van der Waals surface area contributed by atoms with E-state index in [1.165, 1.54) is 25.3 Å². The molecule has 2 aromatic heterocycles. The van der Waals surface area contributed by atoms with Crippen molar-refractivity contribution >= 4 is 27.3 Å². The second kappa shape index (κ2) is 8.62. The van der Waals surface area contributed by atoms with Crippen LogP contribution in [-0.4, -0.2) is 35.5 Å². The van der Waals surface area contributed by atoms with Gasteiger partial charge in [0.1, 0.15) is 11.5 Å². The number of hydrogen-bond donors (Lipinski definition) is 1. The van der Waals surface area contributed by atoms with Crippen molar-refractivity contribution in [3.63, 3.8) is 0 Å². The predicted molar refractivity (Wildman–Crippen MR) is 114 cm³/mol. The van der Waals surface area contributed by atoms with Gasteiger partial charge in [0, 0.05) is 24.1 Å². The van der Waals surface area contributed by atoms with Gasteiger partial charge in [0.25, 0.3) is 10.0 Å². The van der Waals surface area contributed by atoms with Gasteiger partial charge >= 0.3 is 0 Å². The molecule has 0 saturated heterocycles. The molecular formula is C20H16ClN5O4S. The molecule has 0 amide bonds. The molecule has 2 aromatic carbocycles. The van der Waals surface area contributed by atoms with Crippen molar-refractivity contribution in [3.05, 3.63) is 78.1 Å². The van der Waals surface area contributed by atoms with E-state index in [9.17, 15) is 8.42 Å². The molecule has 0 bridgehead atoms. The average Bonchev–Trinajstić information content (AvgIpc) is 3.30. The average molecular weight is 458 g/mol. The topological polar surface area (TPSA) is 108 Å². The van der Waals surface area contributed by atoms with Gasteiger partial charge in [-0.15, -0.1) is 10.2 Å². The maximum absolute atomic E-state index is 12.6. The first kappa shape index (κ1) is 20.6. The number of sulfonamides is 1. The van der Waals surface area contributed by atoms with E-state index in [0.717, 1.165) is 0 Å². The lowest BCUT2D eigenvalue weighted by atomic mass is 10.3. The zero-order valence-electron chi connectivity index (χ0n) is 16.1. The number of hydrogen-bond acceptors (Lipinski definition) is 7. The van der Waals surface area contributed by atoms with Crippen molar-refractivity contribution in [2.24, 2.45) is 0 Å². The van der Waals surface area contributed by atoms with Gasteiger partial charge in [0.2, 0.25) is 5.88 Å². The number of nitrogens with one attached hydrogen (secondary N) is 1. The predicted octanol–water partition coefficient (Wildman–Crippen LogP) is 3.92. The van der Waals surface area contributed by atoms with Crippen LogP contribution in [0, 0.1) is 0 Å². The molecule has 0 radical (unpaired) electrons. The molecule has 4 rings (SSSR count). The fraction of sp³-hybridized carbons (Fsp3) is 0.0500. The van der Waals surface area contributed by atoms with E-state index in [-0.39, 0.29) is 15.8 Å². The van der Waals surface area contributed by atoms with Crippen molar-refractivity contribution in [1.29, 1.82) is 0 Å². The number of aromatic nitrogens is 4. The monoisotopic (exact) mass is 457 g/mol. The van der Waals surface area contributed by atoms with Crippen LogP contribution in [0.4, 0.5) is 5.69 Å². The maximum atomic E-state index is 12.6. The van der Waals surface area contributed by atoms with E-state index in [2.05, 4.69) is 20.0 Å². The second-order valence-electron chi connectivity index (χ2n) is 6.21. The van der Waals surface area contributed by atoms with Crippen molar-refractivity contribution in [2.45, 2.75) is 4.90 Å². The molecular weight excluding hydrogens is 442 g/mol. The molecule has 0 spiro atoms. The molecule has 0 aliphatic heterocycles. The molecule has 11 heteroatoms. The van der Waals surface area contributed by atoms with Gasteiger partial charge in [0.15, 0.2) is 5.82 Å². The van der Waals surface area contributed by atoms with E-state index < -0.39 is 10.0 Å². The molecule has 2 heterocycles. The van der Waals surface area contributed by atoms with Crippen LogP contribution in [0.25, 0.3) is 5.82 Å². The van der Waals surface area contributed by atoms with Gasteiger partial charge < -0.3 is 9.47 Å². The lowest BCUT2D eigenvalue weighted by molar-refractivity contribution is 0.414. The van der Waals surface area contributed by atoms with E-state index in [1.54, 1.807) is 59.5 Å². The van der Waals surface area contributed by atoms with Crippen molar-refractivity contribution in [3.8, 4) is 23.2 Å². The standard InChI is InChI=1S/C20H16ClN5O4S/c1-29-18-8-7-16(13-17(18)21)31(27,28)25-14-3-5-15(6-4-14)30-20-10-9-19(23-24-20)26-12-2-11-22-26/h2-13,25H,1H3. The Hall–Kier alpha value is -3.63. The van der Waals surface area contributed by atoms with E-state index >= 15 is 0 Å². The summed E-state index contributed by atoms with van der Waals surface area (Å²) in [4.78, 5) is 0.0196. The molecule has 0 fully saturated rings. The smallest absolute Gasteiger partial charge is 0.261 e. The lowest BCUT2D eigenvalue weighted by Crippen LogP contribution is -2.12. The van der Waals surface area contributed by atoms with Crippen molar-refractivity contribution in [2.75, 3.05) is 11.8 Å². The molecule has 4 aromatic rings. The van der Waals surface area contributed by atoms with Gasteiger partial charge in [-0.05, 0) is 54.6 Å². The van der Waals surface area contributed by atoms with Crippen molar-refractivity contribution < 1.29 is 17.9 Å². The SMILES string of the molecule is COc1ccc(S(=O)(=O)Nc2ccc(Oc3ccc(-n4cccn4)nn3)cc2)cc1Cl. The summed E-state index contributed by atoms with van der Waals surface area (Å²) in [6.45, 7) is 0. The molecule has 158 valence electrons. The number of halogens is 1. The van der Waals surface area contributed by atoms with Gasteiger partial charge in [-0.25, -0.2) is 13.1 Å². The fourth-order valence-corrected chi connectivity index (χ4v) is 4.04. The molecule has 0 saturated carbocycles. The molecule has 0 aliphatic carbocycles. The summed E-state index contributed by atoms with van der Waals surface area (Å²) in [5, 5.41) is 12.3. The number of anilines is 1. The minimum atomic E-state index is -3.82. The second-order valence-corrected chi connectivity index (χ2v) is 8.30. The Bertz CT molecular complexity index is 1280. The minimum Gasteiger partial charge on any atom is -0.495 e. The third-order valence-electron chi connectivity index (χ3n) is 4.13. The van der Waals surface area contributed by atoms with Crippen LogP contribution in [0.3, 0.4) is 0 Å². The Morgan fingerprint density at radius 1 is 1.03 bits per heavy atom. The third kappa shape index (κ3) is 4.76. The van der Waals surface area contributed by atoms with Crippen LogP contribution in [0.5, 0.6) is 17.4 Å². The number of nitrogens with zero attached hydrogens (tertiary/aromatic N) is 4. The van der Waals surface area contributed by atoms with Gasteiger partial charge in [-0.1, -0.05) is 11.6 Å². The van der Waals surface area contributed by atoms with Crippen LogP contribution in [0.1, 0.15) is 0 Å². The molecule has 0 atom stereocenters. The normalized spacial score (nSPS) is 11.2. The quantitative estimate of drug-likeness (QED) is 0.448. The lowest BCUT2D eigenvalue weighted by Gasteiger charge is -2.11. The van der Waals surface area contributed by atoms with E-state index in [0.29, 0.717) is 23.0 Å². The summed E-state index contributed by atoms with van der Waals surface area (Å²) in [5.41, 5.74) is 0.361. The highest BCUT2D eigenvalue weighted by Crippen LogP contribution is 2.28. The third-order valence-corrected chi connectivity index (χ3v) is 5.80. The van der Waals surface area contributed by atoms with Crippen LogP contribution >= 0.6 is 11.6 Å². The summed E-state index contributed by atoms with van der Waals surface area (Å²) in [6, 6.07) is 15.8. The zero-order chi connectivity index (χ0) is 21.8. The molecule has 31 heavy (non-hydrogen) atoms. The van der Waals surface area contributed by atoms with E-state index in [1.807, 2.05) is 0 Å².